The van der Waals surface area contributed by atoms with Crippen LogP contribution in [-0.2, 0) is 17.9 Å². The lowest BCUT2D eigenvalue weighted by Gasteiger charge is -2.22. The number of nitrogens with zero attached hydrogens (tertiary/aromatic N) is 2. The summed E-state index contributed by atoms with van der Waals surface area (Å²) < 4.78 is 16.2. The summed E-state index contributed by atoms with van der Waals surface area (Å²) in [5.41, 5.74) is 1.99. The standard InChI is InChI=1S/C24H34N4O4/c1-6-25-24(26-15-19-13-20(30-3)23(32-5)21(14-19)31-4)27-16-22(29)28(7-2)17-18-11-9-8-10-12-18/h8-14H,6-7,15-17H2,1-5H3,(H2,25,26,27). The minimum absolute atomic E-state index is 0.00902. The van der Waals surface area contributed by atoms with Gasteiger partial charge in [-0.15, -0.1) is 0 Å². The summed E-state index contributed by atoms with van der Waals surface area (Å²) in [4.78, 5) is 19.1. The van der Waals surface area contributed by atoms with Gasteiger partial charge in [0.05, 0.1) is 34.4 Å². The van der Waals surface area contributed by atoms with Gasteiger partial charge in [-0.3, -0.25) is 4.79 Å². The zero-order valence-corrected chi connectivity index (χ0v) is 19.6. The van der Waals surface area contributed by atoms with Crippen LogP contribution in [0.5, 0.6) is 17.2 Å². The van der Waals surface area contributed by atoms with Crippen molar-refractivity contribution in [3.05, 3.63) is 53.6 Å². The van der Waals surface area contributed by atoms with Crippen LogP contribution in [-0.4, -0.2) is 57.7 Å². The van der Waals surface area contributed by atoms with Crippen LogP contribution in [0.2, 0.25) is 0 Å². The average Bonchev–Trinajstić information content (AvgIpc) is 2.83. The van der Waals surface area contributed by atoms with Gasteiger partial charge in [-0.05, 0) is 37.1 Å². The van der Waals surface area contributed by atoms with Crippen LogP contribution in [0.3, 0.4) is 0 Å². The smallest absolute Gasteiger partial charge is 0.242 e. The monoisotopic (exact) mass is 442 g/mol. The van der Waals surface area contributed by atoms with Gasteiger partial charge >= 0.3 is 0 Å². The predicted octanol–water partition coefficient (Wildman–Crippen LogP) is 2.82. The van der Waals surface area contributed by atoms with Crippen LogP contribution in [0.25, 0.3) is 0 Å². The number of methoxy groups -OCH3 is 3. The first-order valence-electron chi connectivity index (χ1n) is 10.7. The van der Waals surface area contributed by atoms with Crippen LogP contribution in [0.1, 0.15) is 25.0 Å². The molecule has 2 rings (SSSR count). The molecule has 32 heavy (non-hydrogen) atoms. The molecule has 2 aromatic rings. The average molecular weight is 443 g/mol. The molecule has 2 N–H and O–H groups in total. The number of benzene rings is 2. The van der Waals surface area contributed by atoms with Gasteiger partial charge in [0.2, 0.25) is 11.7 Å². The highest BCUT2D eigenvalue weighted by Gasteiger charge is 2.14. The maximum absolute atomic E-state index is 12.7. The zero-order chi connectivity index (χ0) is 23.3. The zero-order valence-electron chi connectivity index (χ0n) is 19.6. The summed E-state index contributed by atoms with van der Waals surface area (Å²) in [5.74, 6) is 2.26. The fourth-order valence-electron chi connectivity index (χ4n) is 3.19. The normalized spacial score (nSPS) is 11.0. The maximum Gasteiger partial charge on any atom is 0.242 e. The topological polar surface area (TPSA) is 84.4 Å². The van der Waals surface area contributed by atoms with Crippen molar-refractivity contribution < 1.29 is 19.0 Å². The number of guanidine groups is 1. The number of rotatable bonds is 11. The molecule has 0 saturated heterocycles. The van der Waals surface area contributed by atoms with Crippen LogP contribution >= 0.6 is 0 Å². The van der Waals surface area contributed by atoms with E-state index < -0.39 is 0 Å². The van der Waals surface area contributed by atoms with Crippen molar-refractivity contribution >= 4 is 11.9 Å². The molecule has 0 radical (unpaired) electrons. The maximum atomic E-state index is 12.7. The molecule has 2 aromatic carbocycles. The highest BCUT2D eigenvalue weighted by Crippen LogP contribution is 2.38. The fraction of sp³-hybridized carbons (Fsp3) is 0.417. The van der Waals surface area contributed by atoms with Gasteiger partial charge in [0.25, 0.3) is 0 Å². The van der Waals surface area contributed by atoms with Gasteiger partial charge in [0.1, 0.15) is 0 Å². The van der Waals surface area contributed by atoms with E-state index in [1.807, 2.05) is 61.2 Å². The summed E-state index contributed by atoms with van der Waals surface area (Å²) in [7, 11) is 4.73. The number of carbonyl (C=O) groups is 1. The molecule has 0 aliphatic carbocycles. The van der Waals surface area contributed by atoms with Crippen molar-refractivity contribution in [2.24, 2.45) is 4.99 Å². The number of hydrogen-bond acceptors (Lipinski definition) is 5. The van der Waals surface area contributed by atoms with Crippen LogP contribution in [0, 0.1) is 0 Å². The first kappa shape index (κ1) is 24.8. The van der Waals surface area contributed by atoms with Crippen LogP contribution < -0.4 is 24.8 Å². The Balaban J connectivity index is 2.05. The Kier molecular flexibility index (Phi) is 10.2. The molecule has 1 amide bonds. The van der Waals surface area contributed by atoms with Crippen molar-refractivity contribution in [3.8, 4) is 17.2 Å². The first-order valence-corrected chi connectivity index (χ1v) is 10.7. The lowest BCUT2D eigenvalue weighted by Crippen LogP contribution is -2.44. The number of likely N-dealkylation sites (N-methyl/N-ethyl adjacent to an activating group) is 1. The van der Waals surface area contributed by atoms with E-state index in [0.29, 0.717) is 49.4 Å². The molecular weight excluding hydrogens is 408 g/mol. The quantitative estimate of drug-likeness (QED) is 0.411. The van der Waals surface area contributed by atoms with Gasteiger partial charge < -0.3 is 29.7 Å². The minimum atomic E-state index is 0.00902. The molecule has 0 aliphatic rings. The highest BCUT2D eigenvalue weighted by atomic mass is 16.5. The van der Waals surface area contributed by atoms with E-state index in [4.69, 9.17) is 14.2 Å². The van der Waals surface area contributed by atoms with Gasteiger partial charge in [-0.2, -0.15) is 0 Å². The predicted molar refractivity (Wildman–Crippen MR) is 126 cm³/mol. The van der Waals surface area contributed by atoms with Crippen molar-refractivity contribution in [2.75, 3.05) is 41.0 Å². The molecule has 0 fully saturated rings. The fourth-order valence-corrected chi connectivity index (χ4v) is 3.19. The number of ether oxygens (including phenoxy) is 3. The molecule has 8 heteroatoms. The van der Waals surface area contributed by atoms with Gasteiger partial charge in [-0.25, -0.2) is 4.99 Å². The summed E-state index contributed by atoms with van der Waals surface area (Å²) >= 11 is 0. The highest BCUT2D eigenvalue weighted by molar-refractivity contribution is 5.86. The minimum Gasteiger partial charge on any atom is -0.493 e. The molecule has 0 spiro atoms. The van der Waals surface area contributed by atoms with E-state index in [1.54, 1.807) is 21.3 Å². The van der Waals surface area contributed by atoms with E-state index >= 15 is 0 Å². The van der Waals surface area contributed by atoms with E-state index in [0.717, 1.165) is 11.1 Å². The summed E-state index contributed by atoms with van der Waals surface area (Å²) in [6.07, 6.45) is 0. The number of amides is 1. The molecule has 0 unspecified atom stereocenters. The molecule has 0 heterocycles. The Labute approximate surface area is 190 Å². The van der Waals surface area contributed by atoms with Crippen molar-refractivity contribution in [3.63, 3.8) is 0 Å². The van der Waals surface area contributed by atoms with E-state index in [9.17, 15) is 4.79 Å². The SMILES string of the molecule is CCNC(=NCc1cc(OC)c(OC)c(OC)c1)NCC(=O)N(CC)Cc1ccccc1. The van der Waals surface area contributed by atoms with E-state index in [2.05, 4.69) is 15.6 Å². The second-order valence-electron chi connectivity index (χ2n) is 6.98. The Morgan fingerprint density at radius 1 is 0.938 bits per heavy atom. The van der Waals surface area contributed by atoms with Crippen LogP contribution in [0.15, 0.2) is 47.5 Å². The van der Waals surface area contributed by atoms with E-state index in [-0.39, 0.29) is 12.5 Å². The molecule has 0 atom stereocenters. The summed E-state index contributed by atoms with van der Waals surface area (Å²) in [5, 5.41) is 6.31. The molecule has 8 nitrogen and oxygen atoms in total. The van der Waals surface area contributed by atoms with Gasteiger partial charge in [-0.1, -0.05) is 30.3 Å². The molecule has 0 bridgehead atoms. The Bertz CT molecular complexity index is 862. The number of nitrogens with one attached hydrogen (secondary N) is 2. The summed E-state index contributed by atoms with van der Waals surface area (Å²) in [6, 6.07) is 13.7. The van der Waals surface area contributed by atoms with Gasteiger partial charge in [0, 0.05) is 19.6 Å². The third-order valence-corrected chi connectivity index (χ3v) is 4.85. The van der Waals surface area contributed by atoms with Crippen molar-refractivity contribution in [1.82, 2.24) is 15.5 Å². The van der Waals surface area contributed by atoms with E-state index in [1.165, 1.54) is 0 Å². The molecule has 0 aliphatic heterocycles. The largest absolute Gasteiger partial charge is 0.493 e. The Morgan fingerprint density at radius 3 is 2.12 bits per heavy atom. The second-order valence-corrected chi connectivity index (χ2v) is 6.98. The lowest BCUT2D eigenvalue weighted by molar-refractivity contribution is -0.130. The van der Waals surface area contributed by atoms with Gasteiger partial charge in [0.15, 0.2) is 17.5 Å². The number of hydrogen-bond donors (Lipinski definition) is 2. The third-order valence-electron chi connectivity index (χ3n) is 4.85. The molecule has 0 saturated carbocycles. The van der Waals surface area contributed by atoms with Crippen LogP contribution in [0.4, 0.5) is 0 Å². The molecule has 174 valence electrons. The first-order chi connectivity index (χ1) is 15.6. The molecular formula is C24H34N4O4. The Morgan fingerprint density at radius 2 is 1.59 bits per heavy atom. The van der Waals surface area contributed by atoms with Crippen molar-refractivity contribution in [2.45, 2.75) is 26.9 Å². The lowest BCUT2D eigenvalue weighted by atomic mass is 10.2. The number of aliphatic imine (C=N–C) groups is 1. The van der Waals surface area contributed by atoms with Crippen molar-refractivity contribution in [1.29, 1.82) is 0 Å². The number of carbonyl (C=O) groups excluding carboxylic acids is 1. The second kappa shape index (κ2) is 13.1. The summed E-state index contributed by atoms with van der Waals surface area (Å²) in [6.45, 7) is 6.38. The molecule has 0 aromatic heterocycles. The Hall–Kier alpha value is -3.42. The third kappa shape index (κ3) is 7.08.